The Morgan fingerprint density at radius 2 is 0.548 bits per heavy atom. The first kappa shape index (κ1) is 112. The van der Waals surface area contributed by atoms with Crippen LogP contribution in [0, 0.1) is 50.2 Å². The molecular weight excluding hydrogens is 1590 g/mol. The van der Waals surface area contributed by atoms with Gasteiger partial charge in [0.2, 0.25) is 0 Å². The Labute approximate surface area is 754 Å². The van der Waals surface area contributed by atoms with E-state index >= 15 is 0 Å². The molecule has 0 aliphatic heterocycles. The lowest BCUT2D eigenvalue weighted by Gasteiger charge is -2.37. The number of esters is 10. The molecule has 0 aliphatic rings. The Morgan fingerprint density at radius 1 is 0.294 bits per heavy atom. The van der Waals surface area contributed by atoms with E-state index in [1.807, 2.05) is 277 Å². The van der Waals surface area contributed by atoms with Crippen LogP contribution in [-0.4, -0.2) is 120 Å². The molecule has 126 heavy (non-hydrogen) atoms. The van der Waals surface area contributed by atoms with E-state index in [2.05, 4.69) is 34.3 Å². The Morgan fingerprint density at radius 3 is 0.817 bits per heavy atom. The minimum absolute atomic E-state index is 0.132. The molecule has 0 heterocycles. The molecule has 696 valence electrons. The third kappa shape index (κ3) is 45.3. The van der Waals surface area contributed by atoms with E-state index in [0.717, 1.165) is 12.8 Å². The summed E-state index contributed by atoms with van der Waals surface area (Å²) in [6.07, 6.45) is 4.57. The zero-order valence-electron chi connectivity index (χ0n) is 81.5. The number of hydrogen-bond acceptors (Lipinski definition) is 20. The normalized spacial score (nSPS) is 14.0. The van der Waals surface area contributed by atoms with Gasteiger partial charge in [-0.1, -0.05) is 191 Å². The lowest BCUT2D eigenvalue weighted by Crippen LogP contribution is -2.41. The summed E-state index contributed by atoms with van der Waals surface area (Å²) < 4.78 is 56.4. The highest BCUT2D eigenvalue weighted by atomic mass is 16.6. The second-order valence-electron chi connectivity index (χ2n) is 40.8. The van der Waals surface area contributed by atoms with E-state index in [9.17, 15) is 47.9 Å². The molecule has 0 spiro atoms. The molecule has 20 heteroatoms. The highest BCUT2D eigenvalue weighted by molar-refractivity contribution is 5.92. The molecule has 6 aromatic carbocycles. The van der Waals surface area contributed by atoms with Gasteiger partial charge in [-0.05, 0) is 259 Å². The van der Waals surface area contributed by atoms with Crippen LogP contribution in [0.3, 0.4) is 0 Å². The van der Waals surface area contributed by atoms with Gasteiger partial charge in [-0.3, -0.25) is 19.2 Å². The molecule has 6 rings (SSSR count). The molecule has 0 aliphatic carbocycles. The number of hydrogen-bond donors (Lipinski definition) is 0. The SMILES string of the molecule is C=CCC(CC(C)OC(=O)C(C)(C)C)OC(=O)C(C)(C)C.CC(C)(C)C(CC(OC(=O)c1ccccc1)C(C)(C)C)OC(=O)c1ccccc1.CC(C)(CCCC(C)(C)OC(=O)c1ccccc1)OC(=O)c1ccccc1.CC(C)CC(CC(C)OC(=O)C(C)(C)C)OC(=O)C(C)(C)C.CC(C)CC(OC(=O)c1ccccc1)C(C)C(C)OC(=O)c1ccccc1. The Bertz CT molecular complexity index is 4130. The summed E-state index contributed by atoms with van der Waals surface area (Å²) in [4.78, 5) is 122. The van der Waals surface area contributed by atoms with E-state index in [4.69, 9.17) is 47.4 Å². The third-order valence-electron chi connectivity index (χ3n) is 19.8. The fraction of sp³-hybridized carbons (Fsp3) is 0.547. The summed E-state index contributed by atoms with van der Waals surface area (Å²) in [5.74, 6) is -2.45. The Balaban J connectivity index is 0.000000537. The summed E-state index contributed by atoms with van der Waals surface area (Å²) in [5, 5.41) is 0. The van der Waals surface area contributed by atoms with Crippen LogP contribution in [0.2, 0.25) is 0 Å². The topological polar surface area (TPSA) is 263 Å². The maximum Gasteiger partial charge on any atom is 0.338 e. The van der Waals surface area contributed by atoms with Crippen molar-refractivity contribution < 1.29 is 95.3 Å². The minimum atomic E-state index is -0.591. The number of carbonyl (C=O) groups is 10. The van der Waals surface area contributed by atoms with Crippen molar-refractivity contribution in [2.45, 2.75) is 326 Å². The second kappa shape index (κ2) is 52.1. The molecule has 9 unspecified atom stereocenters. The number of carbonyl (C=O) groups excluding carboxylic acids is 10. The van der Waals surface area contributed by atoms with Crippen molar-refractivity contribution in [3.8, 4) is 0 Å². The van der Waals surface area contributed by atoms with Crippen LogP contribution in [0.5, 0.6) is 0 Å². The molecule has 0 radical (unpaired) electrons. The van der Waals surface area contributed by atoms with Gasteiger partial charge in [0.1, 0.15) is 60.0 Å². The monoisotopic (exact) mass is 1750 g/mol. The molecule has 0 N–H and O–H groups in total. The number of benzene rings is 6. The Kier molecular flexibility index (Phi) is 46.3. The molecule has 6 aromatic rings. The smallest absolute Gasteiger partial charge is 0.338 e. The third-order valence-corrected chi connectivity index (χ3v) is 19.8. The van der Waals surface area contributed by atoms with E-state index in [1.54, 1.807) is 91.0 Å². The van der Waals surface area contributed by atoms with Crippen molar-refractivity contribution in [1.29, 1.82) is 0 Å². The largest absolute Gasteiger partial charge is 0.462 e. The van der Waals surface area contributed by atoms with Crippen LogP contribution < -0.4 is 0 Å². The summed E-state index contributed by atoms with van der Waals surface area (Å²) in [6.45, 7) is 61.0. The van der Waals surface area contributed by atoms with Crippen LogP contribution >= 0.6 is 0 Å². The van der Waals surface area contributed by atoms with Gasteiger partial charge < -0.3 is 47.4 Å². The maximum absolute atomic E-state index is 12.6. The second-order valence-corrected chi connectivity index (χ2v) is 40.8. The van der Waals surface area contributed by atoms with Crippen molar-refractivity contribution in [3.63, 3.8) is 0 Å². The predicted molar refractivity (Wildman–Crippen MR) is 498 cm³/mol. The van der Waals surface area contributed by atoms with E-state index in [-0.39, 0.29) is 113 Å². The average Bonchev–Trinajstić information content (AvgIpc) is 0.824. The van der Waals surface area contributed by atoms with Crippen molar-refractivity contribution in [1.82, 2.24) is 0 Å². The van der Waals surface area contributed by atoms with Gasteiger partial charge >= 0.3 is 59.7 Å². The molecule has 0 saturated carbocycles. The lowest BCUT2D eigenvalue weighted by molar-refractivity contribution is -0.166. The standard InChI is InChI=1S/C25H32O4.2C23H28O4.C18H34O4.C17H30O4/c1-24(2,3)20(28-22(26)18-13-9-7-10-14-18)17-21(25(4,5)6)29-23(27)19-15-11-8-12-16-19;1-22(2,26-20(24)18-12-7-5-8-13-18)16-11-17-23(3,4)27-21(25)19-14-9-6-10-15-19;1-16(2)15-21(27-23(25)20-13-9-6-10-14-20)17(3)18(4)26-22(24)19-11-7-5-8-12-19;1-12(2)10-14(22-16(20)18(7,8)9)11-13(3)21-15(19)17(4,5)6;1-9-10-13(21-15(19)17(6,7)8)11-12(2)20-14(18)16(3,4)5/h7-16,20-21H,17H2,1-6H3;5-10,12-15H,11,16-17H2,1-4H3;5-14,16-18,21H,15H2,1-4H3;12-14H,10-11H2,1-9H3;9,12-13H,1,10-11H2,2-8H3. The molecule has 0 amide bonds. The van der Waals surface area contributed by atoms with Gasteiger partial charge in [0.05, 0.1) is 55.0 Å². The average molecular weight is 1750 g/mol. The van der Waals surface area contributed by atoms with E-state index < -0.39 is 45.1 Å². The predicted octanol–water partition coefficient (Wildman–Crippen LogP) is 24.7. The molecule has 20 nitrogen and oxygen atoms in total. The van der Waals surface area contributed by atoms with Crippen molar-refractivity contribution in [2.24, 2.45) is 50.2 Å². The highest BCUT2D eigenvalue weighted by Gasteiger charge is 2.40. The summed E-state index contributed by atoms with van der Waals surface area (Å²) in [5.41, 5.74) is -0.805. The van der Waals surface area contributed by atoms with Crippen LogP contribution in [0.4, 0.5) is 0 Å². The van der Waals surface area contributed by atoms with Crippen LogP contribution in [0.1, 0.15) is 328 Å². The molecule has 0 saturated heterocycles. The van der Waals surface area contributed by atoms with Gasteiger partial charge in [-0.15, -0.1) is 6.58 Å². The van der Waals surface area contributed by atoms with E-state index in [1.165, 1.54) is 0 Å². The quantitative estimate of drug-likeness (QED) is 0.0206. The van der Waals surface area contributed by atoms with Crippen molar-refractivity contribution in [2.75, 3.05) is 0 Å². The Hall–Kier alpha value is -10.2. The zero-order valence-corrected chi connectivity index (χ0v) is 81.5. The number of ether oxygens (including phenoxy) is 10. The molecule has 0 bridgehead atoms. The molecule has 0 aromatic heterocycles. The lowest BCUT2D eigenvalue weighted by atomic mass is 9.79. The molecular formula is C106H152O20. The van der Waals surface area contributed by atoms with Gasteiger partial charge in [0.25, 0.3) is 0 Å². The summed E-state index contributed by atoms with van der Waals surface area (Å²) >= 11 is 0. The van der Waals surface area contributed by atoms with Gasteiger partial charge in [-0.25, -0.2) is 28.8 Å². The first-order chi connectivity index (χ1) is 58.2. The molecule has 0 fully saturated rings. The van der Waals surface area contributed by atoms with Crippen LogP contribution in [0.15, 0.2) is 195 Å². The van der Waals surface area contributed by atoms with E-state index in [0.29, 0.717) is 90.2 Å². The van der Waals surface area contributed by atoms with Crippen LogP contribution in [-0.2, 0) is 66.5 Å². The summed E-state index contributed by atoms with van der Waals surface area (Å²) in [6, 6.07) is 53.7. The summed E-state index contributed by atoms with van der Waals surface area (Å²) in [7, 11) is 0. The fourth-order valence-electron chi connectivity index (χ4n) is 11.8. The number of rotatable bonds is 34. The van der Waals surface area contributed by atoms with Gasteiger partial charge in [0, 0.05) is 31.6 Å². The first-order valence-corrected chi connectivity index (χ1v) is 44.2. The minimum Gasteiger partial charge on any atom is -0.462 e. The zero-order chi connectivity index (χ0) is 95.9. The highest BCUT2D eigenvalue weighted by Crippen LogP contribution is 2.36. The van der Waals surface area contributed by atoms with Crippen molar-refractivity contribution in [3.05, 3.63) is 228 Å². The fourth-order valence-corrected chi connectivity index (χ4v) is 11.8. The first-order valence-electron chi connectivity index (χ1n) is 44.2. The van der Waals surface area contributed by atoms with Crippen LogP contribution in [0.25, 0.3) is 0 Å². The van der Waals surface area contributed by atoms with Crippen molar-refractivity contribution >= 4 is 59.7 Å². The maximum atomic E-state index is 12.6. The van der Waals surface area contributed by atoms with Gasteiger partial charge in [0.15, 0.2) is 0 Å². The van der Waals surface area contributed by atoms with Gasteiger partial charge in [-0.2, -0.15) is 0 Å². The molecule has 9 atom stereocenters.